The minimum Gasteiger partial charge on any atom is -0.381 e. The van der Waals surface area contributed by atoms with Crippen LogP contribution in [0, 0.1) is 20.8 Å². The van der Waals surface area contributed by atoms with Crippen molar-refractivity contribution < 1.29 is 17.5 Å². The number of sulfonamides is 1. The van der Waals surface area contributed by atoms with Gasteiger partial charge < -0.3 is 4.74 Å². The SMILES string of the molecule is Cc1ccc(S(=O)(=O)Nc2nc(=O)n3c(C)c(C)sc(SCCOCCCCCF)c2-3)cc1. The fourth-order valence-electron chi connectivity index (χ4n) is 3.16. The van der Waals surface area contributed by atoms with E-state index in [1.54, 1.807) is 12.1 Å². The summed E-state index contributed by atoms with van der Waals surface area (Å²) < 4.78 is 48.4. The smallest absolute Gasteiger partial charge is 0.354 e. The number of hydrogen-bond donors (Lipinski definition) is 1. The fourth-order valence-corrected chi connectivity index (χ4v) is 6.54. The molecule has 2 aliphatic rings. The topological polar surface area (TPSA) is 90.3 Å². The summed E-state index contributed by atoms with van der Waals surface area (Å²) in [5.74, 6) is 0.649. The zero-order valence-corrected chi connectivity index (χ0v) is 21.3. The number of hydrogen-bond acceptors (Lipinski definition) is 7. The van der Waals surface area contributed by atoms with E-state index in [1.165, 1.54) is 39.8 Å². The lowest BCUT2D eigenvalue weighted by molar-refractivity contribution is 0.145. The largest absolute Gasteiger partial charge is 0.381 e. The highest BCUT2D eigenvalue weighted by Gasteiger charge is 2.26. The highest BCUT2D eigenvalue weighted by atomic mass is 32.2. The normalized spacial score (nSPS) is 11.9. The van der Waals surface area contributed by atoms with E-state index < -0.39 is 15.7 Å². The van der Waals surface area contributed by atoms with Crippen LogP contribution in [0.25, 0.3) is 5.69 Å². The summed E-state index contributed by atoms with van der Waals surface area (Å²) in [5.41, 5.74) is 1.60. The Hall–Kier alpha value is -1.95. The highest BCUT2D eigenvalue weighted by Crippen LogP contribution is 2.38. The van der Waals surface area contributed by atoms with Gasteiger partial charge in [-0.2, -0.15) is 4.98 Å². The molecule has 0 saturated heterocycles. The summed E-state index contributed by atoms with van der Waals surface area (Å²) >= 11 is 2.98. The summed E-state index contributed by atoms with van der Waals surface area (Å²) in [7, 11) is -3.91. The summed E-state index contributed by atoms with van der Waals surface area (Å²) in [6, 6.07) is 6.47. The number of nitrogens with one attached hydrogen (secondary N) is 1. The predicted octanol–water partition coefficient (Wildman–Crippen LogP) is 4.71. The van der Waals surface area contributed by atoms with Gasteiger partial charge in [0.05, 0.1) is 22.4 Å². The first-order valence-electron chi connectivity index (χ1n) is 10.6. The Kier molecular flexibility index (Phi) is 8.91. The van der Waals surface area contributed by atoms with Crippen LogP contribution in [0.15, 0.2) is 38.2 Å². The van der Waals surface area contributed by atoms with Gasteiger partial charge >= 0.3 is 5.69 Å². The first-order valence-corrected chi connectivity index (χ1v) is 13.9. The van der Waals surface area contributed by atoms with Crippen molar-refractivity contribution >= 4 is 38.9 Å². The number of unbranched alkanes of at least 4 members (excludes halogenated alkanes) is 2. The number of thioether (sulfide) groups is 1. The molecular weight excluding hydrogens is 485 g/mol. The van der Waals surface area contributed by atoms with Crippen molar-refractivity contribution in [1.82, 2.24) is 9.55 Å². The maximum Gasteiger partial charge on any atom is 0.354 e. The molecule has 0 aliphatic carbocycles. The molecule has 0 aromatic heterocycles. The van der Waals surface area contributed by atoms with Gasteiger partial charge in [0.25, 0.3) is 10.0 Å². The van der Waals surface area contributed by atoms with Crippen LogP contribution in [0.4, 0.5) is 10.2 Å². The minimum absolute atomic E-state index is 0.0227. The number of nitrogens with zero attached hydrogens (tertiary/aromatic N) is 2. The third-order valence-electron chi connectivity index (χ3n) is 5.08. The zero-order valence-electron chi connectivity index (χ0n) is 18.9. The van der Waals surface area contributed by atoms with Gasteiger partial charge in [-0.1, -0.05) is 17.7 Å². The van der Waals surface area contributed by atoms with Gasteiger partial charge in [-0.05, 0) is 52.2 Å². The van der Waals surface area contributed by atoms with Crippen molar-refractivity contribution in [2.24, 2.45) is 0 Å². The van der Waals surface area contributed by atoms with E-state index in [4.69, 9.17) is 4.74 Å². The van der Waals surface area contributed by atoms with Crippen LogP contribution in [0.1, 0.15) is 35.4 Å². The van der Waals surface area contributed by atoms with Crippen molar-refractivity contribution in [1.29, 1.82) is 0 Å². The number of ether oxygens (including phenoxy) is 1. The summed E-state index contributed by atoms with van der Waals surface area (Å²) in [6.07, 6.45) is 2.18. The number of rotatable bonds is 12. The lowest BCUT2D eigenvalue weighted by Gasteiger charge is -2.16. The van der Waals surface area contributed by atoms with Crippen molar-refractivity contribution in [3.63, 3.8) is 0 Å². The Bertz CT molecular complexity index is 1210. The average Bonchev–Trinajstić information content (AvgIpc) is 3.09. The van der Waals surface area contributed by atoms with Gasteiger partial charge in [-0.25, -0.2) is 13.2 Å². The van der Waals surface area contributed by atoms with Gasteiger partial charge in [0.2, 0.25) is 0 Å². The molecule has 0 fully saturated rings. The average molecular weight is 514 g/mol. The molecule has 0 amide bonds. The molecule has 180 valence electrons. The molecule has 1 aromatic carbocycles. The summed E-state index contributed by atoms with van der Waals surface area (Å²) in [6.45, 7) is 6.37. The molecule has 33 heavy (non-hydrogen) atoms. The Morgan fingerprint density at radius 3 is 2.55 bits per heavy atom. The van der Waals surface area contributed by atoms with Crippen LogP contribution in [0.5, 0.6) is 0 Å². The molecule has 0 unspecified atom stereocenters. The standard InChI is InChI=1S/C22H28FN3O4S3/c1-15-7-9-18(10-8-15)33(28,29)25-20-19-21(31-14-13-30-12-6-4-5-11-23)32-17(3)16(2)26(19)22(27)24-20/h7-10H,4-6,11-14H2,1-3H3,(H,24,25,27). The molecule has 1 N–H and O–H groups in total. The van der Waals surface area contributed by atoms with E-state index in [1.807, 2.05) is 20.8 Å². The lowest BCUT2D eigenvalue weighted by Crippen LogP contribution is -2.17. The second kappa shape index (κ2) is 11.5. The van der Waals surface area contributed by atoms with Gasteiger partial charge in [0, 0.05) is 22.9 Å². The van der Waals surface area contributed by atoms with Gasteiger partial charge in [-0.3, -0.25) is 13.7 Å². The number of anilines is 1. The molecule has 0 saturated carbocycles. The highest BCUT2D eigenvalue weighted by molar-refractivity contribution is 8.01. The molecule has 0 bridgehead atoms. The summed E-state index contributed by atoms with van der Waals surface area (Å²) in [5, 5.41) is 0. The second-order valence-corrected chi connectivity index (χ2v) is 11.9. The number of imidazole rings is 1. The van der Waals surface area contributed by atoms with Crippen molar-refractivity contribution in [3.05, 3.63) is 50.9 Å². The molecule has 0 atom stereocenters. The first-order chi connectivity index (χ1) is 15.7. The monoisotopic (exact) mass is 513 g/mol. The molecular formula is C22H28FN3O4S3. The number of halogens is 1. The Balaban J connectivity index is 1.81. The van der Waals surface area contributed by atoms with Crippen LogP contribution < -0.4 is 10.4 Å². The third-order valence-corrected chi connectivity index (χ3v) is 8.84. The van der Waals surface area contributed by atoms with Crippen LogP contribution in [0.3, 0.4) is 0 Å². The van der Waals surface area contributed by atoms with Gasteiger partial charge in [-0.15, -0.1) is 23.1 Å². The Labute approximate surface area is 201 Å². The van der Waals surface area contributed by atoms with Crippen molar-refractivity contribution in [2.75, 3.05) is 30.4 Å². The van der Waals surface area contributed by atoms with E-state index in [9.17, 15) is 17.6 Å². The Morgan fingerprint density at radius 1 is 1.12 bits per heavy atom. The molecule has 2 heterocycles. The van der Waals surface area contributed by atoms with Crippen LogP contribution >= 0.6 is 23.1 Å². The molecule has 2 aliphatic heterocycles. The van der Waals surface area contributed by atoms with E-state index >= 15 is 0 Å². The van der Waals surface area contributed by atoms with Crippen LogP contribution in [-0.4, -0.2) is 43.6 Å². The maximum atomic E-state index is 12.9. The predicted molar refractivity (Wildman–Crippen MR) is 132 cm³/mol. The van der Waals surface area contributed by atoms with E-state index in [2.05, 4.69) is 9.71 Å². The number of aromatic nitrogens is 2. The lowest BCUT2D eigenvalue weighted by atomic mass is 10.2. The van der Waals surface area contributed by atoms with Crippen LogP contribution in [0.2, 0.25) is 0 Å². The number of alkyl halides is 1. The zero-order chi connectivity index (χ0) is 24.0. The Morgan fingerprint density at radius 2 is 1.85 bits per heavy atom. The number of fused-ring (bicyclic) bond motifs is 1. The molecule has 1 aromatic rings. The third kappa shape index (κ3) is 6.34. The summed E-state index contributed by atoms with van der Waals surface area (Å²) in [4.78, 5) is 17.7. The van der Waals surface area contributed by atoms with E-state index in [0.29, 0.717) is 31.1 Å². The van der Waals surface area contributed by atoms with Crippen LogP contribution in [-0.2, 0) is 14.8 Å². The van der Waals surface area contributed by atoms with Gasteiger partial charge in [0.1, 0.15) is 5.69 Å². The van der Waals surface area contributed by atoms with Gasteiger partial charge in [0.15, 0.2) is 5.82 Å². The molecule has 7 nitrogen and oxygen atoms in total. The van der Waals surface area contributed by atoms with Crippen molar-refractivity contribution in [2.45, 2.75) is 49.1 Å². The quantitative estimate of drug-likeness (QED) is 0.279. The maximum absolute atomic E-state index is 12.9. The second-order valence-electron chi connectivity index (χ2n) is 7.59. The number of aryl methyl sites for hydroxylation is 2. The molecule has 0 spiro atoms. The molecule has 11 heteroatoms. The van der Waals surface area contributed by atoms with E-state index in [0.717, 1.165) is 33.2 Å². The van der Waals surface area contributed by atoms with Crippen molar-refractivity contribution in [3.8, 4) is 5.69 Å². The first kappa shape index (κ1) is 25.7. The fraction of sp³-hybridized carbons (Fsp3) is 0.455. The minimum atomic E-state index is -3.91. The number of benzene rings is 1. The molecule has 0 radical (unpaired) electrons. The molecule has 3 rings (SSSR count). The van der Waals surface area contributed by atoms with E-state index in [-0.39, 0.29) is 17.4 Å².